The van der Waals surface area contributed by atoms with Crippen molar-refractivity contribution < 1.29 is 14.3 Å². The quantitative estimate of drug-likeness (QED) is 0.427. The van der Waals surface area contributed by atoms with E-state index in [-0.39, 0.29) is 17.4 Å². The first kappa shape index (κ1) is 22.8. The summed E-state index contributed by atoms with van der Waals surface area (Å²) in [5.74, 6) is 3.13. The SMILES string of the molecule is CC(=O)Nc1cc(Oc2cnc3nc(Nc4cc(C(C)(C)C)n(C5CCOC5)n4)cn3c2)ccn1. The molecule has 4 aromatic rings. The average molecular weight is 477 g/mol. The van der Waals surface area contributed by atoms with Crippen molar-refractivity contribution in [2.45, 2.75) is 45.6 Å². The minimum atomic E-state index is -0.202. The first-order valence-corrected chi connectivity index (χ1v) is 11.5. The highest BCUT2D eigenvalue weighted by molar-refractivity contribution is 5.87. The van der Waals surface area contributed by atoms with Crippen molar-refractivity contribution in [2.24, 2.45) is 0 Å². The molecule has 182 valence electrons. The fourth-order valence-corrected chi connectivity index (χ4v) is 3.98. The van der Waals surface area contributed by atoms with Gasteiger partial charge in [-0.2, -0.15) is 10.1 Å². The number of carbonyl (C=O) groups excluding carboxylic acids is 1. The van der Waals surface area contributed by atoms with Crippen molar-refractivity contribution in [1.29, 1.82) is 0 Å². The van der Waals surface area contributed by atoms with Crippen LogP contribution in [0.5, 0.6) is 11.5 Å². The molecule has 0 saturated carbocycles. The van der Waals surface area contributed by atoms with Crippen LogP contribution in [-0.4, -0.2) is 48.3 Å². The van der Waals surface area contributed by atoms with Gasteiger partial charge in [-0.1, -0.05) is 20.8 Å². The molecule has 1 aliphatic heterocycles. The van der Waals surface area contributed by atoms with E-state index >= 15 is 0 Å². The lowest BCUT2D eigenvalue weighted by molar-refractivity contribution is -0.114. The van der Waals surface area contributed by atoms with Crippen LogP contribution >= 0.6 is 0 Å². The van der Waals surface area contributed by atoms with Crippen molar-refractivity contribution in [3.63, 3.8) is 0 Å². The summed E-state index contributed by atoms with van der Waals surface area (Å²) in [6.45, 7) is 9.40. The summed E-state index contributed by atoms with van der Waals surface area (Å²) in [5, 5.41) is 10.8. The van der Waals surface area contributed by atoms with Gasteiger partial charge in [0, 0.05) is 43.0 Å². The molecule has 11 nitrogen and oxygen atoms in total. The number of carbonyl (C=O) groups is 1. The molecule has 5 rings (SSSR count). The molecule has 1 unspecified atom stereocenters. The van der Waals surface area contributed by atoms with Gasteiger partial charge >= 0.3 is 0 Å². The Hall–Kier alpha value is -3.99. The van der Waals surface area contributed by atoms with Crippen LogP contribution in [0.15, 0.2) is 43.0 Å². The van der Waals surface area contributed by atoms with Crippen molar-refractivity contribution in [3.05, 3.63) is 48.7 Å². The molecule has 0 aliphatic carbocycles. The number of ether oxygens (including phenoxy) is 2. The van der Waals surface area contributed by atoms with Gasteiger partial charge in [-0.3, -0.25) is 13.9 Å². The number of nitrogens with zero attached hydrogens (tertiary/aromatic N) is 6. The molecule has 0 spiro atoms. The molecule has 0 bridgehead atoms. The zero-order chi connectivity index (χ0) is 24.6. The van der Waals surface area contributed by atoms with E-state index in [1.807, 2.05) is 6.20 Å². The molecule has 0 radical (unpaired) electrons. The van der Waals surface area contributed by atoms with Gasteiger partial charge in [-0.05, 0) is 12.5 Å². The summed E-state index contributed by atoms with van der Waals surface area (Å²) in [6.07, 6.45) is 7.73. The van der Waals surface area contributed by atoms with Crippen LogP contribution in [0.25, 0.3) is 5.78 Å². The third kappa shape index (κ3) is 5.09. The summed E-state index contributed by atoms with van der Waals surface area (Å²) >= 11 is 0. The van der Waals surface area contributed by atoms with Crippen LogP contribution in [0, 0.1) is 0 Å². The third-order valence-corrected chi connectivity index (χ3v) is 5.57. The van der Waals surface area contributed by atoms with Crippen LogP contribution < -0.4 is 15.4 Å². The molecule has 2 N–H and O–H groups in total. The monoisotopic (exact) mass is 476 g/mol. The van der Waals surface area contributed by atoms with E-state index in [0.717, 1.165) is 24.5 Å². The van der Waals surface area contributed by atoms with Crippen molar-refractivity contribution in [3.8, 4) is 11.5 Å². The molecule has 1 atom stereocenters. The highest BCUT2D eigenvalue weighted by Crippen LogP contribution is 2.31. The maximum Gasteiger partial charge on any atom is 0.235 e. The second kappa shape index (κ2) is 8.99. The largest absolute Gasteiger partial charge is 0.454 e. The van der Waals surface area contributed by atoms with Gasteiger partial charge in [0.1, 0.15) is 11.6 Å². The molecule has 4 aromatic heterocycles. The van der Waals surface area contributed by atoms with Crippen LogP contribution in [0.3, 0.4) is 0 Å². The molecule has 1 aliphatic rings. The lowest BCUT2D eigenvalue weighted by Crippen LogP contribution is -2.22. The fraction of sp³-hybridized carbons (Fsp3) is 0.375. The van der Waals surface area contributed by atoms with Crippen molar-refractivity contribution in [2.75, 3.05) is 23.8 Å². The Morgan fingerprint density at radius 3 is 2.74 bits per heavy atom. The van der Waals surface area contributed by atoms with Gasteiger partial charge in [0.15, 0.2) is 17.4 Å². The predicted octanol–water partition coefficient (Wildman–Crippen LogP) is 4.07. The lowest BCUT2D eigenvalue weighted by Gasteiger charge is -2.22. The number of aromatic nitrogens is 6. The van der Waals surface area contributed by atoms with Crippen LogP contribution in [0.4, 0.5) is 17.5 Å². The van der Waals surface area contributed by atoms with E-state index in [2.05, 4.69) is 57.1 Å². The summed E-state index contributed by atoms with van der Waals surface area (Å²) < 4.78 is 15.3. The molecule has 1 fully saturated rings. The number of hydrogen-bond acceptors (Lipinski definition) is 8. The predicted molar refractivity (Wildman–Crippen MR) is 130 cm³/mol. The molecular weight excluding hydrogens is 448 g/mol. The Labute approximate surface area is 202 Å². The topological polar surface area (TPSA) is 120 Å². The summed E-state index contributed by atoms with van der Waals surface area (Å²) in [4.78, 5) is 24.3. The number of pyridine rings is 1. The molecule has 35 heavy (non-hydrogen) atoms. The zero-order valence-electron chi connectivity index (χ0n) is 20.1. The van der Waals surface area contributed by atoms with Crippen molar-refractivity contribution in [1.82, 2.24) is 29.1 Å². The molecule has 5 heterocycles. The van der Waals surface area contributed by atoms with E-state index in [9.17, 15) is 4.79 Å². The zero-order valence-corrected chi connectivity index (χ0v) is 20.1. The Morgan fingerprint density at radius 1 is 1.14 bits per heavy atom. The Bertz CT molecular complexity index is 1360. The smallest absolute Gasteiger partial charge is 0.235 e. The Balaban J connectivity index is 1.36. The fourth-order valence-electron chi connectivity index (χ4n) is 3.98. The van der Waals surface area contributed by atoms with E-state index in [1.54, 1.807) is 35.1 Å². The number of anilines is 3. The number of hydrogen-bond donors (Lipinski definition) is 2. The minimum absolute atomic E-state index is 0.0605. The van der Waals surface area contributed by atoms with Gasteiger partial charge < -0.3 is 20.1 Å². The minimum Gasteiger partial charge on any atom is -0.454 e. The number of rotatable bonds is 6. The maximum atomic E-state index is 11.3. The lowest BCUT2D eigenvalue weighted by atomic mass is 9.91. The van der Waals surface area contributed by atoms with Gasteiger partial charge in [-0.15, -0.1) is 0 Å². The molecular formula is C24H28N8O3. The molecule has 0 aromatic carbocycles. The first-order valence-electron chi connectivity index (χ1n) is 11.5. The van der Waals surface area contributed by atoms with E-state index in [1.165, 1.54) is 6.92 Å². The number of nitrogens with one attached hydrogen (secondary N) is 2. The highest BCUT2D eigenvalue weighted by Gasteiger charge is 2.27. The van der Waals surface area contributed by atoms with Crippen LogP contribution in [0.2, 0.25) is 0 Å². The van der Waals surface area contributed by atoms with Gasteiger partial charge in [0.05, 0.1) is 31.2 Å². The molecule has 11 heteroatoms. The summed E-state index contributed by atoms with van der Waals surface area (Å²) in [6, 6.07) is 5.65. The first-order chi connectivity index (χ1) is 16.7. The number of imidazole rings is 1. The highest BCUT2D eigenvalue weighted by atomic mass is 16.5. The molecule has 1 amide bonds. The second-order valence-electron chi connectivity index (χ2n) is 9.53. The van der Waals surface area contributed by atoms with Gasteiger partial charge in [-0.25, -0.2) is 9.97 Å². The maximum absolute atomic E-state index is 11.3. The second-order valence-corrected chi connectivity index (χ2v) is 9.53. The normalized spacial score (nSPS) is 15.9. The van der Waals surface area contributed by atoms with E-state index in [0.29, 0.717) is 35.5 Å². The number of fused-ring (bicyclic) bond motifs is 1. The van der Waals surface area contributed by atoms with Gasteiger partial charge in [0.2, 0.25) is 11.7 Å². The summed E-state index contributed by atoms with van der Waals surface area (Å²) in [7, 11) is 0. The van der Waals surface area contributed by atoms with Crippen LogP contribution in [0.1, 0.15) is 45.9 Å². The molecule has 1 saturated heterocycles. The Kier molecular flexibility index (Phi) is 5.85. The van der Waals surface area contributed by atoms with E-state index < -0.39 is 0 Å². The van der Waals surface area contributed by atoms with E-state index in [4.69, 9.17) is 14.6 Å². The standard InChI is InChI=1S/C24H28N8O3/c1-15(33)27-20-9-17(5-7-25-20)35-18-11-26-23-29-22(13-31(23)12-18)28-21-10-19(24(2,3)4)32(30-21)16-6-8-34-14-16/h5,7,9-13,16H,6,8,14H2,1-4H3,(H,28,30)(H,25,27,33). The third-order valence-electron chi connectivity index (χ3n) is 5.57. The van der Waals surface area contributed by atoms with Crippen molar-refractivity contribution >= 4 is 29.1 Å². The van der Waals surface area contributed by atoms with Crippen LogP contribution in [-0.2, 0) is 14.9 Å². The number of amides is 1. The average Bonchev–Trinajstić information content (AvgIpc) is 3.52. The summed E-state index contributed by atoms with van der Waals surface area (Å²) in [5.41, 5.74) is 1.08. The van der Waals surface area contributed by atoms with Gasteiger partial charge in [0.25, 0.3) is 0 Å². The Morgan fingerprint density at radius 2 is 2.00 bits per heavy atom.